The van der Waals surface area contributed by atoms with Gasteiger partial charge in [0.1, 0.15) is 0 Å². The Morgan fingerprint density at radius 3 is 2.46 bits per heavy atom. The molecule has 0 saturated carbocycles. The van der Waals surface area contributed by atoms with Crippen molar-refractivity contribution in [2.45, 2.75) is 25.9 Å². The summed E-state index contributed by atoms with van der Waals surface area (Å²) in [5, 5.41) is 6.40. The van der Waals surface area contributed by atoms with Crippen LogP contribution in [-0.2, 0) is 16.4 Å². The monoisotopic (exact) mass is 466 g/mol. The summed E-state index contributed by atoms with van der Waals surface area (Å²) in [6, 6.07) is 8.20. The van der Waals surface area contributed by atoms with Crippen LogP contribution < -0.4 is 15.5 Å². The van der Waals surface area contributed by atoms with Crippen molar-refractivity contribution in [2.75, 3.05) is 37.0 Å². The largest absolute Gasteiger partial charge is 0.378 e. The molecule has 1 saturated heterocycles. The van der Waals surface area contributed by atoms with Crippen molar-refractivity contribution >= 4 is 45.5 Å². The minimum atomic E-state index is -2.89. The van der Waals surface area contributed by atoms with Gasteiger partial charge in [-0.15, -0.1) is 24.0 Å². The highest BCUT2D eigenvalue weighted by atomic mass is 127. The molecule has 1 aromatic rings. The second kappa shape index (κ2) is 9.45. The minimum absolute atomic E-state index is 0. The number of halogens is 1. The molecule has 0 aliphatic carbocycles. The van der Waals surface area contributed by atoms with Gasteiger partial charge in [0.2, 0.25) is 0 Å². The molecule has 136 valence electrons. The van der Waals surface area contributed by atoms with E-state index >= 15 is 0 Å². The summed E-state index contributed by atoms with van der Waals surface area (Å²) < 4.78 is 23.1. The van der Waals surface area contributed by atoms with E-state index in [0.717, 1.165) is 17.8 Å². The normalized spacial score (nSPS) is 19.5. The van der Waals surface area contributed by atoms with Gasteiger partial charge in [0.05, 0.1) is 18.1 Å². The van der Waals surface area contributed by atoms with Gasteiger partial charge in [-0.25, -0.2) is 13.4 Å². The Morgan fingerprint density at radius 1 is 1.29 bits per heavy atom. The number of nitrogens with zero attached hydrogens (tertiary/aromatic N) is 2. The van der Waals surface area contributed by atoms with Crippen LogP contribution in [0.5, 0.6) is 0 Å². The molecule has 2 rings (SSSR count). The van der Waals surface area contributed by atoms with Gasteiger partial charge in [-0.05, 0) is 31.0 Å². The van der Waals surface area contributed by atoms with Crippen LogP contribution in [0.4, 0.5) is 5.69 Å². The quantitative estimate of drug-likeness (QED) is 0.392. The smallest absolute Gasteiger partial charge is 0.191 e. The molecule has 1 unspecified atom stereocenters. The lowest BCUT2D eigenvalue weighted by Gasteiger charge is -2.16. The first-order valence-electron chi connectivity index (χ1n) is 7.91. The maximum Gasteiger partial charge on any atom is 0.191 e. The van der Waals surface area contributed by atoms with Crippen molar-refractivity contribution in [1.29, 1.82) is 0 Å². The number of sulfone groups is 1. The molecule has 0 radical (unpaired) electrons. The zero-order valence-electron chi connectivity index (χ0n) is 14.4. The summed E-state index contributed by atoms with van der Waals surface area (Å²) in [5.74, 6) is 1.12. The predicted octanol–water partition coefficient (Wildman–Crippen LogP) is 1.61. The Balaban J connectivity index is 0.00000288. The van der Waals surface area contributed by atoms with E-state index in [0.29, 0.717) is 18.9 Å². The standard InChI is InChI=1S/C16H26N4O2S.HI/c1-4-17-16(19-14-9-10-23(21,22)12-14)18-11-13-5-7-15(8-6-13)20(2)3;/h5-8,14H,4,9-12H2,1-3H3,(H2,17,18,19);1H. The number of nitrogens with one attached hydrogen (secondary N) is 2. The number of rotatable bonds is 5. The highest BCUT2D eigenvalue weighted by Gasteiger charge is 2.28. The van der Waals surface area contributed by atoms with E-state index in [2.05, 4.69) is 44.8 Å². The fourth-order valence-electron chi connectivity index (χ4n) is 2.49. The average Bonchev–Trinajstić information content (AvgIpc) is 2.84. The zero-order valence-corrected chi connectivity index (χ0v) is 17.6. The molecule has 1 fully saturated rings. The maximum absolute atomic E-state index is 11.5. The van der Waals surface area contributed by atoms with Crippen molar-refractivity contribution < 1.29 is 8.42 Å². The number of hydrogen-bond donors (Lipinski definition) is 2. The topological polar surface area (TPSA) is 73.8 Å². The van der Waals surface area contributed by atoms with Gasteiger partial charge in [0, 0.05) is 32.4 Å². The van der Waals surface area contributed by atoms with Crippen LogP contribution in [0.1, 0.15) is 18.9 Å². The zero-order chi connectivity index (χ0) is 16.9. The molecule has 8 heteroatoms. The Hall–Kier alpha value is -1.03. The second-order valence-electron chi connectivity index (χ2n) is 6.00. The van der Waals surface area contributed by atoms with Crippen molar-refractivity contribution in [3.8, 4) is 0 Å². The highest BCUT2D eigenvalue weighted by molar-refractivity contribution is 14.0. The molecule has 0 bridgehead atoms. The van der Waals surface area contributed by atoms with E-state index in [-0.39, 0.29) is 41.5 Å². The van der Waals surface area contributed by atoms with Crippen LogP contribution >= 0.6 is 24.0 Å². The molecule has 0 amide bonds. The number of guanidine groups is 1. The molecule has 0 aromatic heterocycles. The van der Waals surface area contributed by atoms with Gasteiger partial charge in [-0.3, -0.25) is 0 Å². The highest BCUT2D eigenvalue weighted by Crippen LogP contribution is 2.13. The number of benzene rings is 1. The molecule has 1 heterocycles. The Morgan fingerprint density at radius 2 is 1.96 bits per heavy atom. The van der Waals surface area contributed by atoms with Crippen LogP contribution in [0, 0.1) is 0 Å². The van der Waals surface area contributed by atoms with Crippen LogP contribution in [-0.4, -0.2) is 52.6 Å². The lowest BCUT2D eigenvalue weighted by atomic mass is 10.2. The third kappa shape index (κ3) is 6.46. The fraction of sp³-hybridized carbons (Fsp3) is 0.562. The SMILES string of the molecule is CCNC(=NCc1ccc(N(C)C)cc1)NC1CCS(=O)(=O)C1.I. The van der Waals surface area contributed by atoms with E-state index in [1.54, 1.807) is 0 Å². The lowest BCUT2D eigenvalue weighted by molar-refractivity contribution is 0.599. The first kappa shape index (κ1) is 21.0. The van der Waals surface area contributed by atoms with Crippen LogP contribution in [0.15, 0.2) is 29.3 Å². The summed E-state index contributed by atoms with van der Waals surface area (Å²) in [7, 11) is 1.13. The summed E-state index contributed by atoms with van der Waals surface area (Å²) >= 11 is 0. The minimum Gasteiger partial charge on any atom is -0.378 e. The third-order valence-electron chi connectivity index (χ3n) is 3.79. The molecule has 1 aromatic carbocycles. The molecule has 0 spiro atoms. The Bertz CT molecular complexity index is 645. The van der Waals surface area contributed by atoms with E-state index in [4.69, 9.17) is 0 Å². The van der Waals surface area contributed by atoms with Crippen LogP contribution in [0.2, 0.25) is 0 Å². The Labute approximate surface area is 162 Å². The molecule has 1 aliphatic heterocycles. The van der Waals surface area contributed by atoms with E-state index in [9.17, 15) is 8.42 Å². The molecular formula is C16H27IN4O2S. The lowest BCUT2D eigenvalue weighted by Crippen LogP contribution is -2.44. The van der Waals surface area contributed by atoms with Crippen LogP contribution in [0.25, 0.3) is 0 Å². The van der Waals surface area contributed by atoms with Gasteiger partial charge in [-0.1, -0.05) is 12.1 Å². The average molecular weight is 466 g/mol. The van der Waals surface area contributed by atoms with Crippen molar-refractivity contribution in [2.24, 2.45) is 4.99 Å². The predicted molar refractivity (Wildman–Crippen MR) is 111 cm³/mol. The number of aliphatic imine (C=N–C) groups is 1. The number of anilines is 1. The molecule has 6 nitrogen and oxygen atoms in total. The summed E-state index contributed by atoms with van der Waals surface area (Å²) in [6.45, 7) is 3.29. The van der Waals surface area contributed by atoms with E-state index in [1.165, 1.54) is 0 Å². The first-order chi connectivity index (χ1) is 10.9. The summed E-state index contributed by atoms with van der Waals surface area (Å²) in [4.78, 5) is 6.61. The van der Waals surface area contributed by atoms with Gasteiger partial charge >= 0.3 is 0 Å². The van der Waals surface area contributed by atoms with Gasteiger partial charge in [0.15, 0.2) is 15.8 Å². The fourth-order valence-corrected chi connectivity index (χ4v) is 4.17. The maximum atomic E-state index is 11.5. The summed E-state index contributed by atoms with van der Waals surface area (Å²) in [6.07, 6.45) is 0.643. The molecule has 1 aliphatic rings. The van der Waals surface area contributed by atoms with Crippen LogP contribution in [0.3, 0.4) is 0 Å². The van der Waals surface area contributed by atoms with Gasteiger partial charge in [-0.2, -0.15) is 0 Å². The molecule has 1 atom stereocenters. The first-order valence-corrected chi connectivity index (χ1v) is 9.73. The molecular weight excluding hydrogens is 439 g/mol. The van der Waals surface area contributed by atoms with Gasteiger partial charge < -0.3 is 15.5 Å². The second-order valence-corrected chi connectivity index (χ2v) is 8.23. The molecule has 24 heavy (non-hydrogen) atoms. The van der Waals surface area contributed by atoms with Crippen molar-refractivity contribution in [3.05, 3.63) is 29.8 Å². The van der Waals surface area contributed by atoms with E-state index < -0.39 is 9.84 Å². The Kier molecular flexibility index (Phi) is 8.28. The van der Waals surface area contributed by atoms with Gasteiger partial charge in [0.25, 0.3) is 0 Å². The molecule has 2 N–H and O–H groups in total. The van der Waals surface area contributed by atoms with Crippen molar-refractivity contribution in [1.82, 2.24) is 10.6 Å². The third-order valence-corrected chi connectivity index (χ3v) is 5.56. The summed E-state index contributed by atoms with van der Waals surface area (Å²) in [5.41, 5.74) is 2.27. The van der Waals surface area contributed by atoms with E-state index in [1.807, 2.05) is 21.0 Å². The van der Waals surface area contributed by atoms with Crippen molar-refractivity contribution in [3.63, 3.8) is 0 Å². The number of hydrogen-bond acceptors (Lipinski definition) is 4.